The molecule has 3 N–H and O–H groups in total. The average molecular weight is 1130 g/mol. The summed E-state index contributed by atoms with van der Waals surface area (Å²) < 4.78 is 97.2. The van der Waals surface area contributed by atoms with Gasteiger partial charge in [0.2, 0.25) is 32.6 Å². The lowest BCUT2D eigenvalue weighted by Gasteiger charge is -2.30. The van der Waals surface area contributed by atoms with E-state index in [4.69, 9.17) is 23.5 Å². The Labute approximate surface area is 447 Å². The van der Waals surface area contributed by atoms with Gasteiger partial charge in [0, 0.05) is 63.3 Å². The highest BCUT2D eigenvalue weighted by molar-refractivity contribution is 7.89. The second-order valence-electron chi connectivity index (χ2n) is 19.4. The van der Waals surface area contributed by atoms with Crippen molar-refractivity contribution in [3.63, 3.8) is 0 Å². The lowest BCUT2D eigenvalue weighted by molar-refractivity contribution is -0.385. The number of carbonyl (C=O) groups is 2. The summed E-state index contributed by atoms with van der Waals surface area (Å²) in [7, 11) is -13.1. The fourth-order valence-corrected chi connectivity index (χ4v) is 13.4. The number of alkyl carbamates (subject to hydrolysis) is 1. The van der Waals surface area contributed by atoms with Gasteiger partial charge < -0.3 is 34.3 Å². The van der Waals surface area contributed by atoms with E-state index in [-0.39, 0.29) is 72.0 Å². The highest BCUT2D eigenvalue weighted by Crippen LogP contribution is 2.57. The van der Waals surface area contributed by atoms with E-state index in [0.717, 1.165) is 62.6 Å². The smallest absolute Gasteiger partial charge is 0.420 e. The van der Waals surface area contributed by atoms with E-state index < -0.39 is 86.7 Å². The van der Waals surface area contributed by atoms with Crippen LogP contribution in [0.1, 0.15) is 64.5 Å². The maximum Gasteiger partial charge on any atom is 0.438 e. The van der Waals surface area contributed by atoms with Crippen molar-refractivity contribution in [2.75, 3.05) is 39.4 Å². The first-order valence-electron chi connectivity index (χ1n) is 24.9. The van der Waals surface area contributed by atoms with Crippen LogP contribution in [0.15, 0.2) is 119 Å². The maximum atomic E-state index is 13.7. The number of hydrogen-bond donors (Lipinski definition) is 3. The van der Waals surface area contributed by atoms with Crippen LogP contribution in [0.2, 0.25) is 0 Å². The molecule has 7 unspecified atom stereocenters. The summed E-state index contributed by atoms with van der Waals surface area (Å²) in [6.07, 6.45) is -3.06. The molecule has 0 spiro atoms. The maximum absolute atomic E-state index is 13.7. The van der Waals surface area contributed by atoms with Gasteiger partial charge in [0.05, 0.1) is 51.0 Å². The van der Waals surface area contributed by atoms with Crippen molar-refractivity contribution in [3.05, 3.63) is 141 Å². The van der Waals surface area contributed by atoms with E-state index in [1.54, 1.807) is 44.2 Å². The third-order valence-electron chi connectivity index (χ3n) is 12.4. The van der Waals surface area contributed by atoms with Gasteiger partial charge in [0.1, 0.15) is 6.10 Å². The number of hydrogen-bond acceptors (Lipinski definition) is 17. The molecular weight excluding hydrogens is 1070 g/mol. The van der Waals surface area contributed by atoms with Crippen LogP contribution in [0.4, 0.5) is 21.0 Å². The molecule has 2 amide bonds. The third kappa shape index (κ3) is 16.8. The third-order valence-corrected chi connectivity index (χ3v) is 17.6. The number of aliphatic hydroxyl groups excluding tert-OH is 1. The summed E-state index contributed by atoms with van der Waals surface area (Å²) in [5.41, 5.74) is 1.06. The van der Waals surface area contributed by atoms with Gasteiger partial charge in [0.15, 0.2) is 0 Å². The number of nitrogens with one attached hydrogen (secondary N) is 1. The molecule has 0 radical (unpaired) electrons. The number of benzene rings is 4. The summed E-state index contributed by atoms with van der Waals surface area (Å²) in [4.78, 5) is 57.0. The highest BCUT2D eigenvalue weighted by Gasteiger charge is 2.55. The number of nitro benzene ring substituents is 2. The predicted octanol–water partition coefficient (Wildman–Crippen LogP) is 7.00. The normalized spacial score (nSPS) is 21.4. The van der Waals surface area contributed by atoms with Crippen LogP contribution in [0.5, 0.6) is 0 Å². The first kappa shape index (κ1) is 60.3. The lowest BCUT2D eigenvalue weighted by atomic mass is 10.0. The Hall–Kier alpha value is -5.93. The Morgan fingerprint density at radius 1 is 0.727 bits per heavy atom. The van der Waals surface area contributed by atoms with E-state index in [1.807, 2.05) is 44.2 Å². The minimum atomic E-state index is -4.74. The molecule has 3 fully saturated rings. The molecule has 3 heterocycles. The van der Waals surface area contributed by atoms with Gasteiger partial charge in [-0.3, -0.25) is 24.8 Å². The summed E-state index contributed by atoms with van der Waals surface area (Å²) in [5.74, 6) is -0.228. The minimum Gasteiger partial charge on any atom is -0.420 e. The molecule has 7 atom stereocenters. The van der Waals surface area contributed by atoms with Crippen molar-refractivity contribution in [3.8, 4) is 0 Å². The van der Waals surface area contributed by atoms with Gasteiger partial charge in [0.25, 0.3) is 11.4 Å². The molecule has 24 nitrogen and oxygen atoms in total. The molecule has 0 saturated carbocycles. The second-order valence-corrected chi connectivity index (χ2v) is 24.9. The Morgan fingerprint density at radius 2 is 1.19 bits per heavy atom. The zero-order valence-electron chi connectivity index (χ0n) is 42.9. The quantitative estimate of drug-likeness (QED) is 0.0405. The van der Waals surface area contributed by atoms with E-state index in [2.05, 4.69) is 5.32 Å². The summed E-state index contributed by atoms with van der Waals surface area (Å²) in [5, 5.41) is 35.9. The SMILES string of the molecule is CC(C)CN(CC(O)C(Cc1ccccc1)NC(=O)OC1CCCO1)S(=O)(=O)c1ccc([N+](=O)[O-])cc1.CC(C)CN(CC1OP(=O)(O)N(C(=O)OC2CCCO2)C1Cc1ccccc1)S(=O)(=O)c1ccc([N+](=O)[O-])cc1. The van der Waals surface area contributed by atoms with E-state index in [9.17, 15) is 61.2 Å². The van der Waals surface area contributed by atoms with Gasteiger partial charge in [-0.2, -0.15) is 8.61 Å². The number of sulfonamides is 2. The molecule has 4 aromatic rings. The molecule has 0 aliphatic carbocycles. The van der Waals surface area contributed by atoms with Crippen LogP contribution in [0.3, 0.4) is 0 Å². The van der Waals surface area contributed by atoms with Gasteiger partial charge in [-0.1, -0.05) is 88.4 Å². The molecule has 3 saturated heterocycles. The second kappa shape index (κ2) is 27.1. The van der Waals surface area contributed by atoms with Crippen molar-refractivity contribution in [1.29, 1.82) is 0 Å². The monoisotopic (exact) mass is 1130 g/mol. The molecule has 7 rings (SSSR count). The number of rotatable bonds is 22. The molecule has 77 heavy (non-hydrogen) atoms. The topological polar surface area (TPSA) is 314 Å². The molecule has 3 aliphatic heterocycles. The first-order chi connectivity index (χ1) is 36.4. The number of aliphatic hydroxyl groups is 1. The molecule has 0 aromatic heterocycles. The zero-order chi connectivity index (χ0) is 56.1. The number of ether oxygens (including phenoxy) is 4. The number of non-ortho nitro benzene ring substituents is 2. The van der Waals surface area contributed by atoms with Crippen molar-refractivity contribution < 1.29 is 74.3 Å². The predicted molar refractivity (Wildman–Crippen MR) is 278 cm³/mol. The van der Waals surface area contributed by atoms with Crippen molar-refractivity contribution in [2.45, 2.75) is 113 Å². The molecule has 420 valence electrons. The van der Waals surface area contributed by atoms with E-state index in [1.165, 1.54) is 12.1 Å². The number of nitro groups is 2. The number of carbonyl (C=O) groups excluding carboxylic acids is 2. The Bertz CT molecular complexity index is 2880. The molecule has 0 bridgehead atoms. The Kier molecular flexibility index (Phi) is 21.2. The van der Waals surface area contributed by atoms with E-state index >= 15 is 0 Å². The van der Waals surface area contributed by atoms with Crippen LogP contribution in [0.25, 0.3) is 0 Å². The first-order valence-corrected chi connectivity index (χ1v) is 29.3. The van der Waals surface area contributed by atoms with Crippen LogP contribution < -0.4 is 5.32 Å². The van der Waals surface area contributed by atoms with Crippen molar-refractivity contribution in [2.24, 2.45) is 11.8 Å². The molecular formula is C50H65N6O18PS2. The average Bonchev–Trinajstić information content (AvgIpc) is 4.18. The zero-order valence-corrected chi connectivity index (χ0v) is 45.4. The molecule has 3 aliphatic rings. The number of amides is 2. The largest absolute Gasteiger partial charge is 0.438 e. The Balaban J connectivity index is 0.000000250. The van der Waals surface area contributed by atoms with Gasteiger partial charge in [-0.05, 0) is 72.9 Å². The lowest BCUT2D eigenvalue weighted by Crippen LogP contribution is -2.51. The summed E-state index contributed by atoms with van der Waals surface area (Å²) in [6, 6.07) is 25.2. The van der Waals surface area contributed by atoms with Crippen LogP contribution in [-0.4, -0.2) is 138 Å². The van der Waals surface area contributed by atoms with Gasteiger partial charge in [-0.15, -0.1) is 0 Å². The number of nitrogens with zero attached hydrogens (tertiary/aromatic N) is 5. The van der Waals surface area contributed by atoms with Crippen molar-refractivity contribution >= 4 is 51.4 Å². The van der Waals surface area contributed by atoms with Gasteiger partial charge in [-0.25, -0.2) is 35.7 Å². The summed E-state index contributed by atoms with van der Waals surface area (Å²) in [6.45, 7) is 7.62. The van der Waals surface area contributed by atoms with Crippen LogP contribution in [0, 0.1) is 32.1 Å². The summed E-state index contributed by atoms with van der Waals surface area (Å²) >= 11 is 0. The molecule has 4 aromatic carbocycles. The van der Waals surface area contributed by atoms with Crippen molar-refractivity contribution in [1.82, 2.24) is 18.6 Å². The Morgan fingerprint density at radius 3 is 1.66 bits per heavy atom. The fourth-order valence-electron chi connectivity index (χ4n) is 8.68. The van der Waals surface area contributed by atoms with Crippen LogP contribution in [-0.2, 0) is 60.9 Å². The van der Waals surface area contributed by atoms with E-state index in [0.29, 0.717) is 37.1 Å². The van der Waals surface area contributed by atoms with Crippen LogP contribution >= 0.6 is 7.75 Å². The minimum absolute atomic E-state index is 0.0212. The molecule has 27 heteroatoms. The fraction of sp³-hybridized carbons (Fsp3) is 0.480. The van der Waals surface area contributed by atoms with Gasteiger partial charge >= 0.3 is 19.9 Å². The highest BCUT2D eigenvalue weighted by atomic mass is 32.2. The standard InChI is InChI=1S/C25H32N3O10PS.C25H33N3O8S/c1-18(2)16-26(40(34,35)21-12-10-20(11-13-21)28(30)31)17-23-22(15-19-7-4-3-5-8-19)27(39(32,33)38-23)25(29)37-24-9-6-14-36-24;1-18(2)16-27(37(33,34)21-12-10-20(11-13-21)28(31)32)17-23(29)22(15-19-7-4-3-5-8-19)26-25(30)36-24-9-6-14-35-24/h3-5,7-8,10-13,18,22-24H,6,9,14-17H2,1-2H3,(H,32,33);3-5,7-8,10-13,18,22-24,29H,6,9,14-17H2,1-2H3,(H,26,30).